The molecule has 114 valence electrons. The highest BCUT2D eigenvalue weighted by Gasteiger charge is 2.06. The molecule has 0 saturated carbocycles. The number of unbranched alkanes of at least 4 members (excludes halogenated alkanes) is 1. The van der Waals surface area contributed by atoms with Gasteiger partial charge >= 0.3 is 0 Å². The summed E-state index contributed by atoms with van der Waals surface area (Å²) in [5.41, 5.74) is 1.96. The van der Waals surface area contributed by atoms with Crippen molar-refractivity contribution in [2.45, 2.75) is 19.3 Å². The summed E-state index contributed by atoms with van der Waals surface area (Å²) in [4.78, 5) is 11.9. The summed E-state index contributed by atoms with van der Waals surface area (Å²) in [5, 5.41) is 6.14. The maximum atomic E-state index is 11.9. The lowest BCUT2D eigenvalue weighted by Gasteiger charge is -2.09. The molecule has 0 saturated heterocycles. The molecule has 4 heteroatoms. The van der Waals surface area contributed by atoms with E-state index in [1.165, 1.54) is 5.56 Å². The molecule has 1 amide bonds. The van der Waals surface area contributed by atoms with E-state index in [1.807, 2.05) is 24.3 Å². The Kier molecular flexibility index (Phi) is 6.58. The molecule has 0 atom stereocenters. The molecule has 2 aromatic carbocycles. The second kappa shape index (κ2) is 8.95. The zero-order chi connectivity index (χ0) is 15.6. The van der Waals surface area contributed by atoms with Crippen LogP contribution in [0.3, 0.4) is 0 Å². The summed E-state index contributed by atoms with van der Waals surface area (Å²) in [5.74, 6) is -0.178. The van der Waals surface area contributed by atoms with E-state index in [0.29, 0.717) is 10.7 Å². The van der Waals surface area contributed by atoms with Gasteiger partial charge in [-0.25, -0.2) is 0 Å². The predicted octanol–water partition coefficient (Wildman–Crippen LogP) is 3.31. The molecule has 3 nitrogen and oxygen atoms in total. The first-order valence-electron chi connectivity index (χ1n) is 7.44. The Bertz CT molecular complexity index is 599. The van der Waals surface area contributed by atoms with Crippen molar-refractivity contribution in [3.05, 3.63) is 71.8 Å². The molecule has 2 aromatic rings. The highest BCUT2D eigenvalue weighted by atomic mass is 32.1. The van der Waals surface area contributed by atoms with Crippen molar-refractivity contribution in [3.63, 3.8) is 0 Å². The minimum atomic E-state index is -0.178. The molecule has 22 heavy (non-hydrogen) atoms. The molecular weight excluding hydrogens is 292 g/mol. The van der Waals surface area contributed by atoms with Crippen LogP contribution in [-0.2, 0) is 6.42 Å². The van der Waals surface area contributed by atoms with Crippen LogP contribution in [0, 0.1) is 0 Å². The van der Waals surface area contributed by atoms with Crippen molar-refractivity contribution < 1.29 is 4.79 Å². The average Bonchev–Trinajstić information content (AvgIpc) is 2.56. The predicted molar refractivity (Wildman–Crippen MR) is 93.9 cm³/mol. The van der Waals surface area contributed by atoms with E-state index in [-0.39, 0.29) is 5.91 Å². The molecule has 0 aromatic heterocycles. The van der Waals surface area contributed by atoms with Gasteiger partial charge in [-0.05, 0) is 49.2 Å². The summed E-state index contributed by atoms with van der Waals surface area (Å²) in [6.45, 7) is 0.765. The number of hydrogen-bond donors (Lipinski definition) is 2. The molecule has 0 unspecified atom stereocenters. The van der Waals surface area contributed by atoms with Crippen LogP contribution in [0.25, 0.3) is 0 Å². The smallest absolute Gasteiger partial charge is 0.257 e. The number of amides is 1. The van der Waals surface area contributed by atoms with E-state index in [4.69, 9.17) is 12.2 Å². The van der Waals surface area contributed by atoms with Crippen molar-refractivity contribution in [1.82, 2.24) is 10.6 Å². The van der Waals surface area contributed by atoms with Crippen molar-refractivity contribution in [2.24, 2.45) is 0 Å². The Balaban J connectivity index is 1.61. The molecule has 2 N–H and O–H groups in total. The number of thiocarbonyl (C=S) groups is 1. The second-order valence-corrected chi connectivity index (χ2v) is 5.43. The first-order chi connectivity index (χ1) is 10.8. The van der Waals surface area contributed by atoms with Crippen molar-refractivity contribution in [1.29, 1.82) is 0 Å². The second-order valence-electron chi connectivity index (χ2n) is 5.02. The zero-order valence-corrected chi connectivity index (χ0v) is 13.2. The van der Waals surface area contributed by atoms with Gasteiger partial charge in [0, 0.05) is 12.1 Å². The van der Waals surface area contributed by atoms with Gasteiger partial charge in [0.2, 0.25) is 0 Å². The van der Waals surface area contributed by atoms with E-state index in [0.717, 1.165) is 25.8 Å². The van der Waals surface area contributed by atoms with E-state index in [2.05, 4.69) is 34.9 Å². The summed E-state index contributed by atoms with van der Waals surface area (Å²) in [6, 6.07) is 19.5. The van der Waals surface area contributed by atoms with Gasteiger partial charge in [0.1, 0.15) is 0 Å². The molecule has 0 radical (unpaired) electrons. The van der Waals surface area contributed by atoms with Crippen LogP contribution in [0.1, 0.15) is 28.8 Å². The molecule has 0 spiro atoms. The Labute approximate surface area is 136 Å². The number of carbonyl (C=O) groups is 1. The van der Waals surface area contributed by atoms with Crippen LogP contribution < -0.4 is 10.6 Å². The Hall–Kier alpha value is -2.20. The number of hydrogen-bond acceptors (Lipinski definition) is 2. The van der Waals surface area contributed by atoms with Crippen molar-refractivity contribution in [2.75, 3.05) is 6.54 Å². The SMILES string of the molecule is O=C(NC(=S)NCCCCc1ccccc1)c1ccccc1. The molecule has 0 aliphatic rings. The van der Waals surface area contributed by atoms with Crippen LogP contribution in [-0.4, -0.2) is 17.6 Å². The Morgan fingerprint density at radius 3 is 2.23 bits per heavy atom. The van der Waals surface area contributed by atoms with Crippen LogP contribution in [0.5, 0.6) is 0 Å². The lowest BCUT2D eigenvalue weighted by Crippen LogP contribution is -2.39. The van der Waals surface area contributed by atoms with Gasteiger partial charge in [-0.15, -0.1) is 0 Å². The molecule has 2 rings (SSSR count). The van der Waals surface area contributed by atoms with E-state index >= 15 is 0 Å². The van der Waals surface area contributed by atoms with Gasteiger partial charge < -0.3 is 5.32 Å². The lowest BCUT2D eigenvalue weighted by molar-refractivity contribution is 0.0976. The van der Waals surface area contributed by atoms with Crippen LogP contribution in [0.2, 0.25) is 0 Å². The third kappa shape index (κ3) is 5.66. The van der Waals surface area contributed by atoms with Gasteiger partial charge in [0.25, 0.3) is 5.91 Å². The third-order valence-corrected chi connectivity index (χ3v) is 3.53. The van der Waals surface area contributed by atoms with Gasteiger partial charge in [-0.2, -0.15) is 0 Å². The molecule has 0 aliphatic carbocycles. The largest absolute Gasteiger partial charge is 0.362 e. The number of rotatable bonds is 6. The van der Waals surface area contributed by atoms with Gasteiger partial charge in [-0.1, -0.05) is 48.5 Å². The quantitative estimate of drug-likeness (QED) is 0.635. The summed E-state index contributed by atoms with van der Waals surface area (Å²) >= 11 is 5.13. The van der Waals surface area contributed by atoms with E-state index < -0.39 is 0 Å². The number of aryl methyl sites for hydroxylation is 1. The average molecular weight is 312 g/mol. The maximum Gasteiger partial charge on any atom is 0.257 e. The van der Waals surface area contributed by atoms with Crippen LogP contribution in [0.15, 0.2) is 60.7 Å². The Morgan fingerprint density at radius 1 is 0.909 bits per heavy atom. The maximum absolute atomic E-state index is 11.9. The fraction of sp³-hybridized carbons (Fsp3) is 0.222. The highest BCUT2D eigenvalue weighted by Crippen LogP contribution is 2.03. The first kappa shape index (κ1) is 16.2. The number of carbonyl (C=O) groups excluding carboxylic acids is 1. The molecule has 0 aliphatic heterocycles. The number of nitrogens with one attached hydrogen (secondary N) is 2. The van der Waals surface area contributed by atoms with Gasteiger partial charge in [-0.3, -0.25) is 10.1 Å². The van der Waals surface area contributed by atoms with Crippen LogP contribution in [0.4, 0.5) is 0 Å². The summed E-state index contributed by atoms with van der Waals surface area (Å²) < 4.78 is 0. The fourth-order valence-corrected chi connectivity index (χ4v) is 2.30. The normalized spacial score (nSPS) is 10.0. The molecule has 0 heterocycles. The monoisotopic (exact) mass is 312 g/mol. The lowest BCUT2D eigenvalue weighted by atomic mass is 10.1. The number of benzene rings is 2. The molecular formula is C18H20N2OS. The topological polar surface area (TPSA) is 41.1 Å². The third-order valence-electron chi connectivity index (χ3n) is 3.28. The molecule has 0 fully saturated rings. The standard InChI is InChI=1S/C18H20N2OS/c21-17(16-12-5-2-6-13-16)20-18(22)19-14-8-7-11-15-9-3-1-4-10-15/h1-6,9-10,12-13H,7-8,11,14H2,(H2,19,20,21,22). The van der Waals surface area contributed by atoms with Crippen molar-refractivity contribution >= 4 is 23.2 Å². The fourth-order valence-electron chi connectivity index (χ4n) is 2.11. The van der Waals surface area contributed by atoms with Crippen LogP contribution >= 0.6 is 12.2 Å². The minimum absolute atomic E-state index is 0.178. The minimum Gasteiger partial charge on any atom is -0.362 e. The highest BCUT2D eigenvalue weighted by molar-refractivity contribution is 7.80. The zero-order valence-electron chi connectivity index (χ0n) is 12.4. The van der Waals surface area contributed by atoms with Gasteiger partial charge in [0.15, 0.2) is 5.11 Å². The Morgan fingerprint density at radius 2 is 1.55 bits per heavy atom. The summed E-state index contributed by atoms with van der Waals surface area (Å²) in [6.07, 6.45) is 3.16. The van der Waals surface area contributed by atoms with E-state index in [1.54, 1.807) is 12.1 Å². The molecule has 0 bridgehead atoms. The first-order valence-corrected chi connectivity index (χ1v) is 7.84. The van der Waals surface area contributed by atoms with Gasteiger partial charge in [0.05, 0.1) is 0 Å². The van der Waals surface area contributed by atoms with Crippen molar-refractivity contribution in [3.8, 4) is 0 Å². The summed E-state index contributed by atoms with van der Waals surface area (Å²) in [7, 11) is 0. The van der Waals surface area contributed by atoms with E-state index in [9.17, 15) is 4.79 Å².